The molecule has 1 aliphatic rings. The zero-order valence-electron chi connectivity index (χ0n) is 12.0. The number of nitrogens with two attached hydrogens (primary N) is 1. The van der Waals surface area contributed by atoms with Gasteiger partial charge in [-0.05, 0) is 25.1 Å². The number of aryl methyl sites for hydroxylation is 1. The van der Waals surface area contributed by atoms with Crippen molar-refractivity contribution in [2.24, 2.45) is 0 Å². The molecule has 1 saturated heterocycles. The summed E-state index contributed by atoms with van der Waals surface area (Å²) in [7, 11) is 0. The van der Waals surface area contributed by atoms with Gasteiger partial charge in [0.05, 0.1) is 11.2 Å². The topological polar surface area (TPSA) is 62.5 Å². The molecule has 3 rings (SSSR count). The number of aromatic nitrogens is 1. The second-order valence-corrected chi connectivity index (χ2v) is 6.00. The molecule has 1 aromatic heterocycles. The number of nitrogen functional groups attached to an aromatic ring is 1. The minimum absolute atomic E-state index is 0.0993. The van der Waals surface area contributed by atoms with E-state index in [1.165, 1.54) is 11.3 Å². The van der Waals surface area contributed by atoms with Crippen LogP contribution in [0.5, 0.6) is 0 Å². The number of hydrogen-bond donors (Lipinski definition) is 1. The third kappa shape index (κ3) is 2.85. The molecule has 110 valence electrons. The van der Waals surface area contributed by atoms with Crippen molar-refractivity contribution in [3.05, 3.63) is 40.3 Å². The fraction of sp³-hybridized carbons (Fsp3) is 0.333. The molecule has 2 N–H and O–H groups in total. The quantitative estimate of drug-likeness (QED) is 0.862. The summed E-state index contributed by atoms with van der Waals surface area (Å²) in [5.41, 5.74) is 10.3. The van der Waals surface area contributed by atoms with E-state index in [-0.39, 0.29) is 5.91 Å². The first kappa shape index (κ1) is 13.9. The molecule has 2 aromatic rings. The highest BCUT2D eigenvalue weighted by molar-refractivity contribution is 7.11. The summed E-state index contributed by atoms with van der Waals surface area (Å²) in [6.45, 7) is 4.99. The van der Waals surface area contributed by atoms with Crippen molar-refractivity contribution in [1.29, 1.82) is 0 Å². The number of carbonyl (C=O) groups is 1. The first-order valence-corrected chi connectivity index (χ1v) is 7.83. The maximum Gasteiger partial charge on any atom is 0.265 e. The van der Waals surface area contributed by atoms with E-state index < -0.39 is 0 Å². The van der Waals surface area contributed by atoms with Crippen LogP contribution >= 0.6 is 11.3 Å². The average molecular weight is 302 g/mol. The van der Waals surface area contributed by atoms with E-state index in [9.17, 15) is 4.79 Å². The molecular weight excluding hydrogens is 284 g/mol. The number of anilines is 2. The van der Waals surface area contributed by atoms with Crippen LogP contribution in [0.2, 0.25) is 0 Å². The number of carbonyl (C=O) groups excluding carboxylic acids is 1. The molecule has 1 aliphatic heterocycles. The smallest absolute Gasteiger partial charge is 0.265 e. The molecule has 0 saturated carbocycles. The van der Waals surface area contributed by atoms with Crippen LogP contribution in [0.25, 0.3) is 0 Å². The molecule has 0 spiro atoms. The Morgan fingerprint density at radius 1 is 1.29 bits per heavy atom. The van der Waals surface area contributed by atoms with E-state index in [2.05, 4.69) is 16.0 Å². The van der Waals surface area contributed by atoms with Crippen LogP contribution in [0.15, 0.2) is 29.8 Å². The van der Waals surface area contributed by atoms with Gasteiger partial charge in [0.1, 0.15) is 4.88 Å². The Morgan fingerprint density at radius 2 is 2.05 bits per heavy atom. The lowest BCUT2D eigenvalue weighted by Crippen LogP contribution is -2.48. The van der Waals surface area contributed by atoms with Gasteiger partial charge in [0, 0.05) is 37.6 Å². The van der Waals surface area contributed by atoms with Gasteiger partial charge >= 0.3 is 0 Å². The summed E-state index contributed by atoms with van der Waals surface area (Å²) in [6, 6.07) is 7.88. The molecule has 1 fully saturated rings. The summed E-state index contributed by atoms with van der Waals surface area (Å²) in [5.74, 6) is 0.0993. The lowest BCUT2D eigenvalue weighted by Gasteiger charge is -2.36. The molecule has 5 nitrogen and oxygen atoms in total. The molecule has 0 atom stereocenters. The standard InChI is InChI=1S/C15H18N4OS/c1-11-14(21-10-17-11)15(20)19-7-5-18(6-8-19)13-4-2-3-12(16)9-13/h2-4,9-10H,5-8,16H2,1H3. The first-order chi connectivity index (χ1) is 10.1. The van der Waals surface area contributed by atoms with Gasteiger partial charge in [-0.3, -0.25) is 4.79 Å². The van der Waals surface area contributed by atoms with Gasteiger partial charge in [-0.25, -0.2) is 4.98 Å². The molecule has 0 radical (unpaired) electrons. The fourth-order valence-electron chi connectivity index (χ4n) is 2.54. The highest BCUT2D eigenvalue weighted by atomic mass is 32.1. The van der Waals surface area contributed by atoms with Gasteiger partial charge in [-0.2, -0.15) is 0 Å². The van der Waals surface area contributed by atoms with Gasteiger partial charge in [0.25, 0.3) is 5.91 Å². The lowest BCUT2D eigenvalue weighted by atomic mass is 10.2. The Hall–Kier alpha value is -2.08. The van der Waals surface area contributed by atoms with Crippen molar-refractivity contribution < 1.29 is 4.79 Å². The van der Waals surface area contributed by atoms with Gasteiger partial charge < -0.3 is 15.5 Å². The predicted molar refractivity (Wildman–Crippen MR) is 85.8 cm³/mol. The Morgan fingerprint density at radius 3 is 2.67 bits per heavy atom. The van der Waals surface area contributed by atoms with E-state index in [0.29, 0.717) is 0 Å². The van der Waals surface area contributed by atoms with E-state index in [1.54, 1.807) is 5.51 Å². The number of thiazole rings is 1. The zero-order valence-corrected chi connectivity index (χ0v) is 12.8. The number of benzene rings is 1. The third-order valence-electron chi connectivity index (χ3n) is 3.74. The molecule has 1 amide bonds. The second-order valence-electron chi connectivity index (χ2n) is 5.14. The van der Waals surface area contributed by atoms with Gasteiger partial charge in [0.2, 0.25) is 0 Å². The van der Waals surface area contributed by atoms with Crippen molar-refractivity contribution in [3.63, 3.8) is 0 Å². The maximum absolute atomic E-state index is 12.4. The number of hydrogen-bond acceptors (Lipinski definition) is 5. The zero-order chi connectivity index (χ0) is 14.8. The lowest BCUT2D eigenvalue weighted by molar-refractivity contribution is 0.0750. The molecular formula is C15H18N4OS. The van der Waals surface area contributed by atoms with Crippen LogP contribution in [0.4, 0.5) is 11.4 Å². The molecule has 21 heavy (non-hydrogen) atoms. The van der Waals surface area contributed by atoms with Gasteiger partial charge in [0.15, 0.2) is 0 Å². The van der Waals surface area contributed by atoms with Crippen LogP contribution in [-0.4, -0.2) is 42.0 Å². The van der Waals surface area contributed by atoms with Crippen molar-refractivity contribution in [2.75, 3.05) is 36.8 Å². The molecule has 1 aromatic carbocycles. The van der Waals surface area contributed by atoms with Crippen molar-refractivity contribution >= 4 is 28.6 Å². The van der Waals surface area contributed by atoms with Crippen LogP contribution < -0.4 is 10.6 Å². The fourth-order valence-corrected chi connectivity index (χ4v) is 3.31. The van der Waals surface area contributed by atoms with Crippen molar-refractivity contribution in [1.82, 2.24) is 9.88 Å². The monoisotopic (exact) mass is 302 g/mol. The normalized spacial score (nSPS) is 15.3. The first-order valence-electron chi connectivity index (χ1n) is 6.95. The Bertz CT molecular complexity index is 647. The summed E-state index contributed by atoms with van der Waals surface area (Å²) in [6.07, 6.45) is 0. The van der Waals surface area contributed by atoms with Crippen LogP contribution in [0, 0.1) is 6.92 Å². The third-order valence-corrected chi connectivity index (χ3v) is 4.66. The SMILES string of the molecule is Cc1ncsc1C(=O)N1CCN(c2cccc(N)c2)CC1. The molecule has 6 heteroatoms. The number of amides is 1. The Labute approximate surface area is 128 Å². The van der Waals surface area contributed by atoms with Gasteiger partial charge in [-0.15, -0.1) is 11.3 Å². The van der Waals surface area contributed by atoms with E-state index in [0.717, 1.165) is 48.1 Å². The Kier molecular flexibility index (Phi) is 3.79. The minimum Gasteiger partial charge on any atom is -0.399 e. The number of rotatable bonds is 2. The van der Waals surface area contributed by atoms with Gasteiger partial charge in [-0.1, -0.05) is 6.07 Å². The van der Waals surface area contributed by atoms with Crippen LogP contribution in [-0.2, 0) is 0 Å². The number of piperazine rings is 1. The summed E-state index contributed by atoms with van der Waals surface area (Å²) in [5, 5.41) is 0. The van der Waals surface area contributed by atoms with Crippen molar-refractivity contribution in [3.8, 4) is 0 Å². The number of nitrogens with zero attached hydrogens (tertiary/aromatic N) is 3. The molecule has 0 unspecified atom stereocenters. The predicted octanol–water partition coefficient (Wildman–Crippen LogP) is 2.00. The van der Waals surface area contributed by atoms with E-state index >= 15 is 0 Å². The minimum atomic E-state index is 0.0993. The molecule has 0 aliphatic carbocycles. The maximum atomic E-state index is 12.4. The summed E-state index contributed by atoms with van der Waals surface area (Å²) in [4.78, 5) is 21.5. The summed E-state index contributed by atoms with van der Waals surface area (Å²) < 4.78 is 0. The van der Waals surface area contributed by atoms with Crippen LogP contribution in [0.3, 0.4) is 0 Å². The second kappa shape index (κ2) is 5.73. The average Bonchev–Trinajstić information content (AvgIpc) is 2.93. The van der Waals surface area contributed by atoms with E-state index in [4.69, 9.17) is 5.73 Å². The van der Waals surface area contributed by atoms with Crippen molar-refractivity contribution in [2.45, 2.75) is 6.92 Å². The largest absolute Gasteiger partial charge is 0.399 e. The highest BCUT2D eigenvalue weighted by Gasteiger charge is 2.24. The summed E-state index contributed by atoms with van der Waals surface area (Å²) >= 11 is 1.42. The molecule has 0 bridgehead atoms. The van der Waals surface area contributed by atoms with E-state index in [1.807, 2.05) is 30.0 Å². The molecule has 2 heterocycles. The highest BCUT2D eigenvalue weighted by Crippen LogP contribution is 2.21. The Balaban J connectivity index is 1.65. The van der Waals surface area contributed by atoms with Crippen LogP contribution in [0.1, 0.15) is 15.4 Å².